The van der Waals surface area contributed by atoms with E-state index in [4.69, 9.17) is 4.74 Å². The molecular formula is C17H21NO. The van der Waals surface area contributed by atoms with Gasteiger partial charge in [0.05, 0.1) is 6.04 Å². The Bertz CT molecular complexity index is 522. The quantitative estimate of drug-likeness (QED) is 0.880. The van der Waals surface area contributed by atoms with Gasteiger partial charge in [0.1, 0.15) is 12.4 Å². The van der Waals surface area contributed by atoms with Crippen molar-refractivity contribution < 1.29 is 4.74 Å². The SMILES string of the molecule is CNC(COc1ccc(C)cc1C)c1ccccc1. The fourth-order valence-electron chi connectivity index (χ4n) is 2.17. The van der Waals surface area contributed by atoms with Gasteiger partial charge in [0.25, 0.3) is 0 Å². The first kappa shape index (κ1) is 13.6. The van der Waals surface area contributed by atoms with Gasteiger partial charge in [-0.1, -0.05) is 48.0 Å². The van der Waals surface area contributed by atoms with Crippen molar-refractivity contribution in [2.75, 3.05) is 13.7 Å². The predicted molar refractivity (Wildman–Crippen MR) is 79.7 cm³/mol. The molecule has 0 aliphatic carbocycles. The van der Waals surface area contributed by atoms with E-state index in [1.165, 1.54) is 16.7 Å². The summed E-state index contributed by atoms with van der Waals surface area (Å²) in [4.78, 5) is 0. The fraction of sp³-hybridized carbons (Fsp3) is 0.294. The van der Waals surface area contributed by atoms with Crippen molar-refractivity contribution >= 4 is 0 Å². The Hall–Kier alpha value is -1.80. The monoisotopic (exact) mass is 255 g/mol. The number of ether oxygens (including phenoxy) is 1. The highest BCUT2D eigenvalue weighted by Crippen LogP contribution is 2.21. The molecule has 2 aromatic carbocycles. The van der Waals surface area contributed by atoms with Crippen molar-refractivity contribution in [3.63, 3.8) is 0 Å². The average molecular weight is 255 g/mol. The molecule has 0 saturated heterocycles. The smallest absolute Gasteiger partial charge is 0.122 e. The molecule has 100 valence electrons. The van der Waals surface area contributed by atoms with E-state index >= 15 is 0 Å². The summed E-state index contributed by atoms with van der Waals surface area (Å²) in [5, 5.41) is 3.29. The standard InChI is InChI=1S/C17H21NO/c1-13-9-10-17(14(2)11-13)19-12-16(18-3)15-7-5-4-6-8-15/h4-11,16,18H,12H2,1-3H3. The van der Waals surface area contributed by atoms with Gasteiger partial charge in [0, 0.05) is 0 Å². The molecular weight excluding hydrogens is 234 g/mol. The molecule has 0 radical (unpaired) electrons. The van der Waals surface area contributed by atoms with Crippen LogP contribution in [-0.2, 0) is 0 Å². The molecule has 0 fully saturated rings. The van der Waals surface area contributed by atoms with E-state index in [-0.39, 0.29) is 6.04 Å². The highest BCUT2D eigenvalue weighted by Gasteiger charge is 2.10. The third kappa shape index (κ3) is 3.58. The lowest BCUT2D eigenvalue weighted by Crippen LogP contribution is -2.23. The minimum Gasteiger partial charge on any atom is -0.491 e. The Labute approximate surface area is 115 Å². The van der Waals surface area contributed by atoms with E-state index in [0.717, 1.165) is 5.75 Å². The molecule has 2 rings (SSSR count). The van der Waals surface area contributed by atoms with Gasteiger partial charge in [-0.3, -0.25) is 0 Å². The molecule has 0 heterocycles. The van der Waals surface area contributed by atoms with Crippen molar-refractivity contribution in [3.05, 3.63) is 65.2 Å². The summed E-state index contributed by atoms with van der Waals surface area (Å²) < 4.78 is 5.94. The molecule has 1 unspecified atom stereocenters. The third-order valence-corrected chi connectivity index (χ3v) is 3.29. The topological polar surface area (TPSA) is 21.3 Å². The van der Waals surface area contributed by atoms with Crippen molar-refractivity contribution in [3.8, 4) is 5.75 Å². The molecule has 0 spiro atoms. The lowest BCUT2D eigenvalue weighted by molar-refractivity contribution is 0.271. The molecule has 2 nitrogen and oxygen atoms in total. The summed E-state index contributed by atoms with van der Waals surface area (Å²) in [6, 6.07) is 16.9. The average Bonchev–Trinajstić information content (AvgIpc) is 2.43. The molecule has 2 aromatic rings. The minimum atomic E-state index is 0.210. The van der Waals surface area contributed by atoms with Crippen LogP contribution in [0.4, 0.5) is 0 Å². The summed E-state index contributed by atoms with van der Waals surface area (Å²) >= 11 is 0. The third-order valence-electron chi connectivity index (χ3n) is 3.29. The maximum atomic E-state index is 5.94. The van der Waals surface area contributed by atoms with Crippen molar-refractivity contribution in [1.82, 2.24) is 5.32 Å². The second kappa shape index (κ2) is 6.39. The van der Waals surface area contributed by atoms with Crippen LogP contribution >= 0.6 is 0 Å². The number of rotatable bonds is 5. The van der Waals surface area contributed by atoms with Crippen LogP contribution in [0.3, 0.4) is 0 Å². The molecule has 2 heteroatoms. The number of hydrogen-bond acceptors (Lipinski definition) is 2. The van der Waals surface area contributed by atoms with E-state index < -0.39 is 0 Å². The molecule has 0 saturated carbocycles. The van der Waals surface area contributed by atoms with Gasteiger partial charge in [-0.2, -0.15) is 0 Å². The number of nitrogens with one attached hydrogen (secondary N) is 1. The van der Waals surface area contributed by atoms with Gasteiger partial charge in [0.15, 0.2) is 0 Å². The van der Waals surface area contributed by atoms with Gasteiger partial charge in [-0.15, -0.1) is 0 Å². The molecule has 19 heavy (non-hydrogen) atoms. The summed E-state index contributed by atoms with van der Waals surface area (Å²) in [6.07, 6.45) is 0. The van der Waals surface area contributed by atoms with E-state index in [0.29, 0.717) is 6.61 Å². The predicted octanol–water partition coefficient (Wildman–Crippen LogP) is 3.64. The number of likely N-dealkylation sites (N-methyl/N-ethyl adjacent to an activating group) is 1. The second-order valence-corrected chi connectivity index (χ2v) is 4.83. The van der Waals surface area contributed by atoms with Crippen LogP contribution in [0.25, 0.3) is 0 Å². The van der Waals surface area contributed by atoms with Crippen LogP contribution in [-0.4, -0.2) is 13.7 Å². The van der Waals surface area contributed by atoms with Crippen LogP contribution in [0.5, 0.6) is 5.75 Å². The van der Waals surface area contributed by atoms with Crippen LogP contribution in [0.1, 0.15) is 22.7 Å². The van der Waals surface area contributed by atoms with Crippen molar-refractivity contribution in [2.45, 2.75) is 19.9 Å². The van der Waals surface area contributed by atoms with Crippen LogP contribution < -0.4 is 10.1 Å². The Morgan fingerprint density at radius 1 is 1.05 bits per heavy atom. The van der Waals surface area contributed by atoms with Crippen LogP contribution in [0, 0.1) is 13.8 Å². The number of benzene rings is 2. The first-order valence-corrected chi connectivity index (χ1v) is 6.63. The Balaban J connectivity index is 2.04. The summed E-state index contributed by atoms with van der Waals surface area (Å²) in [5.74, 6) is 0.960. The Morgan fingerprint density at radius 2 is 1.79 bits per heavy atom. The largest absolute Gasteiger partial charge is 0.491 e. The van der Waals surface area contributed by atoms with Gasteiger partial charge in [-0.05, 0) is 38.1 Å². The maximum absolute atomic E-state index is 5.94. The highest BCUT2D eigenvalue weighted by molar-refractivity contribution is 5.35. The van der Waals surface area contributed by atoms with Crippen LogP contribution in [0.15, 0.2) is 48.5 Å². The lowest BCUT2D eigenvalue weighted by Gasteiger charge is -2.18. The zero-order chi connectivity index (χ0) is 13.7. The van der Waals surface area contributed by atoms with Crippen molar-refractivity contribution in [1.29, 1.82) is 0 Å². The number of hydrogen-bond donors (Lipinski definition) is 1. The number of aryl methyl sites for hydroxylation is 2. The summed E-state index contributed by atoms with van der Waals surface area (Å²) in [7, 11) is 1.96. The van der Waals surface area contributed by atoms with Crippen molar-refractivity contribution in [2.24, 2.45) is 0 Å². The zero-order valence-electron chi connectivity index (χ0n) is 11.8. The van der Waals surface area contributed by atoms with Gasteiger partial charge >= 0.3 is 0 Å². The van der Waals surface area contributed by atoms with E-state index in [2.05, 4.69) is 55.6 Å². The molecule has 0 aliphatic rings. The first-order chi connectivity index (χ1) is 9.20. The Kier molecular flexibility index (Phi) is 4.58. The van der Waals surface area contributed by atoms with Gasteiger partial charge in [-0.25, -0.2) is 0 Å². The minimum absolute atomic E-state index is 0.210. The van der Waals surface area contributed by atoms with Crippen LogP contribution in [0.2, 0.25) is 0 Å². The zero-order valence-corrected chi connectivity index (χ0v) is 11.8. The molecule has 0 bridgehead atoms. The van der Waals surface area contributed by atoms with Gasteiger partial charge in [0.2, 0.25) is 0 Å². The first-order valence-electron chi connectivity index (χ1n) is 6.63. The van der Waals surface area contributed by atoms with E-state index in [9.17, 15) is 0 Å². The summed E-state index contributed by atoms with van der Waals surface area (Å²) in [6.45, 7) is 4.81. The summed E-state index contributed by atoms with van der Waals surface area (Å²) in [5.41, 5.74) is 3.69. The molecule has 1 N–H and O–H groups in total. The molecule has 0 aromatic heterocycles. The second-order valence-electron chi connectivity index (χ2n) is 4.83. The van der Waals surface area contributed by atoms with E-state index in [1.54, 1.807) is 0 Å². The van der Waals surface area contributed by atoms with Gasteiger partial charge < -0.3 is 10.1 Å². The highest BCUT2D eigenvalue weighted by atomic mass is 16.5. The fourth-order valence-corrected chi connectivity index (χ4v) is 2.17. The maximum Gasteiger partial charge on any atom is 0.122 e. The Morgan fingerprint density at radius 3 is 2.42 bits per heavy atom. The molecule has 0 aliphatic heterocycles. The van der Waals surface area contributed by atoms with E-state index in [1.807, 2.05) is 19.2 Å². The molecule has 0 amide bonds. The molecule has 1 atom stereocenters. The lowest BCUT2D eigenvalue weighted by atomic mass is 10.1. The normalized spacial score (nSPS) is 12.2.